The molecule has 0 aliphatic heterocycles. The lowest BCUT2D eigenvalue weighted by molar-refractivity contribution is -0.659. The smallest absolute Gasteiger partial charge is 0.220 e. The van der Waals surface area contributed by atoms with Crippen molar-refractivity contribution in [3.8, 4) is 22.5 Å². The zero-order valence-corrected chi connectivity index (χ0v) is 15.7. The molecule has 2 aromatic carbocycles. The van der Waals surface area contributed by atoms with Crippen LogP contribution in [-0.4, -0.2) is 4.98 Å². The summed E-state index contributed by atoms with van der Waals surface area (Å²) < 4.78 is 2.23. The fraction of sp³-hybridized carbons (Fsp3) is 0.167. The fourth-order valence-electron chi connectivity index (χ4n) is 3.77. The molecule has 2 nitrogen and oxygen atoms in total. The maximum Gasteiger partial charge on any atom is 0.220 e. The molecule has 0 radical (unpaired) electrons. The van der Waals surface area contributed by atoms with Crippen LogP contribution in [-0.2, 0) is 7.05 Å². The molecule has 0 amide bonds. The Balaban J connectivity index is 2.08. The quantitative estimate of drug-likeness (QED) is 0.452. The Labute approximate surface area is 154 Å². The average Bonchev–Trinajstić information content (AvgIpc) is 2.65. The summed E-state index contributed by atoms with van der Waals surface area (Å²) in [6, 6.07) is 19.3. The number of benzene rings is 2. The van der Waals surface area contributed by atoms with Crippen LogP contribution in [0.15, 0.2) is 67.0 Å². The standard InChI is InChI=1S/C24H23N2/c1-16-14-17(2)18(3)22(15-16)24-21-9-7-8-20(19(21)11-13-26(24)4)23-10-5-6-12-25-23/h5-15H,1-4H3/q+1. The van der Waals surface area contributed by atoms with E-state index in [2.05, 4.69) is 86.0 Å². The zero-order chi connectivity index (χ0) is 18.3. The second kappa shape index (κ2) is 6.38. The minimum absolute atomic E-state index is 1.01. The van der Waals surface area contributed by atoms with Crippen molar-refractivity contribution in [2.24, 2.45) is 7.05 Å². The van der Waals surface area contributed by atoms with Crippen molar-refractivity contribution in [2.75, 3.05) is 0 Å². The van der Waals surface area contributed by atoms with Crippen molar-refractivity contribution < 1.29 is 4.57 Å². The van der Waals surface area contributed by atoms with Crippen molar-refractivity contribution in [1.82, 2.24) is 4.98 Å². The highest BCUT2D eigenvalue weighted by Crippen LogP contribution is 2.34. The van der Waals surface area contributed by atoms with Crippen LogP contribution in [0.25, 0.3) is 33.3 Å². The van der Waals surface area contributed by atoms with E-state index in [1.54, 1.807) is 0 Å². The molecule has 0 saturated heterocycles. The normalized spacial score (nSPS) is 11.1. The number of fused-ring (bicyclic) bond motifs is 1. The fourth-order valence-corrected chi connectivity index (χ4v) is 3.77. The third kappa shape index (κ3) is 2.68. The van der Waals surface area contributed by atoms with Crippen LogP contribution in [0.5, 0.6) is 0 Å². The van der Waals surface area contributed by atoms with Gasteiger partial charge in [0.15, 0.2) is 6.20 Å². The summed E-state index contributed by atoms with van der Waals surface area (Å²) in [6.07, 6.45) is 4.01. The number of aromatic nitrogens is 2. The predicted octanol–water partition coefficient (Wildman–Crippen LogP) is 5.32. The van der Waals surface area contributed by atoms with E-state index in [1.165, 1.54) is 44.3 Å². The van der Waals surface area contributed by atoms with E-state index in [0.717, 1.165) is 5.69 Å². The molecule has 26 heavy (non-hydrogen) atoms. The summed E-state index contributed by atoms with van der Waals surface area (Å²) in [5, 5.41) is 2.49. The molecule has 0 aliphatic rings. The molecule has 2 heteroatoms. The lowest BCUT2D eigenvalue weighted by Gasteiger charge is -2.13. The van der Waals surface area contributed by atoms with Gasteiger partial charge in [-0.25, -0.2) is 4.57 Å². The number of hydrogen-bond acceptors (Lipinski definition) is 1. The van der Waals surface area contributed by atoms with Gasteiger partial charge in [0.25, 0.3) is 0 Å². The largest absolute Gasteiger partial charge is 0.256 e. The van der Waals surface area contributed by atoms with E-state index in [0.29, 0.717) is 0 Å². The molecule has 4 aromatic rings. The van der Waals surface area contributed by atoms with Crippen molar-refractivity contribution in [2.45, 2.75) is 20.8 Å². The number of nitrogens with zero attached hydrogens (tertiary/aromatic N) is 2. The Morgan fingerprint density at radius 3 is 2.42 bits per heavy atom. The second-order valence-electron chi connectivity index (χ2n) is 7.01. The summed E-state index contributed by atoms with van der Waals surface area (Å²) in [7, 11) is 2.12. The molecule has 2 heterocycles. The van der Waals surface area contributed by atoms with Crippen molar-refractivity contribution in [3.05, 3.63) is 83.7 Å². The molecule has 0 saturated carbocycles. The van der Waals surface area contributed by atoms with Crippen molar-refractivity contribution >= 4 is 10.8 Å². The molecule has 0 fully saturated rings. The van der Waals surface area contributed by atoms with E-state index >= 15 is 0 Å². The van der Waals surface area contributed by atoms with Crippen LogP contribution >= 0.6 is 0 Å². The van der Waals surface area contributed by atoms with Gasteiger partial charge in [0, 0.05) is 23.2 Å². The Morgan fingerprint density at radius 1 is 0.808 bits per heavy atom. The van der Waals surface area contributed by atoms with Crippen LogP contribution in [0, 0.1) is 20.8 Å². The van der Waals surface area contributed by atoms with E-state index in [9.17, 15) is 0 Å². The lowest BCUT2D eigenvalue weighted by Crippen LogP contribution is -2.31. The van der Waals surface area contributed by atoms with Gasteiger partial charge in [-0.3, -0.25) is 4.98 Å². The molecule has 0 bridgehead atoms. The van der Waals surface area contributed by atoms with Crippen molar-refractivity contribution in [1.29, 1.82) is 0 Å². The Morgan fingerprint density at radius 2 is 1.65 bits per heavy atom. The predicted molar refractivity (Wildman–Crippen MR) is 108 cm³/mol. The first-order valence-electron chi connectivity index (χ1n) is 8.97. The van der Waals surface area contributed by atoms with Crippen LogP contribution in [0.4, 0.5) is 0 Å². The SMILES string of the molecule is Cc1cc(C)c(C)c(-c2c3cccc(-c4ccccn4)c3cc[n+]2C)c1. The van der Waals surface area contributed by atoms with Crippen LogP contribution in [0.1, 0.15) is 16.7 Å². The number of hydrogen-bond donors (Lipinski definition) is 0. The topological polar surface area (TPSA) is 16.8 Å². The average molecular weight is 339 g/mol. The van der Waals surface area contributed by atoms with Gasteiger partial charge in [0.1, 0.15) is 7.05 Å². The third-order valence-electron chi connectivity index (χ3n) is 5.19. The van der Waals surface area contributed by atoms with E-state index < -0.39 is 0 Å². The highest BCUT2D eigenvalue weighted by Gasteiger charge is 2.20. The minimum atomic E-state index is 1.01. The molecule has 0 aliphatic carbocycles. The summed E-state index contributed by atoms with van der Waals surface area (Å²) in [5.74, 6) is 0. The van der Waals surface area contributed by atoms with Gasteiger partial charge in [-0.1, -0.05) is 29.8 Å². The van der Waals surface area contributed by atoms with Crippen LogP contribution in [0.3, 0.4) is 0 Å². The van der Waals surface area contributed by atoms with E-state index in [4.69, 9.17) is 0 Å². The lowest BCUT2D eigenvalue weighted by atomic mass is 9.93. The molecule has 2 aromatic heterocycles. The molecule has 4 rings (SSSR count). The maximum absolute atomic E-state index is 4.56. The van der Waals surface area contributed by atoms with Gasteiger partial charge < -0.3 is 0 Å². The Hall–Kier alpha value is -3.00. The van der Waals surface area contributed by atoms with Gasteiger partial charge in [-0.15, -0.1) is 0 Å². The molecule has 0 atom stereocenters. The highest BCUT2D eigenvalue weighted by molar-refractivity contribution is 6.01. The Kier molecular flexibility index (Phi) is 4.04. The molecule has 0 N–H and O–H groups in total. The molecule has 128 valence electrons. The molecule has 0 unspecified atom stereocenters. The molecular formula is C24H23N2+. The van der Waals surface area contributed by atoms with Gasteiger partial charge in [0.05, 0.1) is 16.6 Å². The maximum atomic E-state index is 4.56. The Bertz CT molecular complexity index is 1110. The minimum Gasteiger partial charge on any atom is -0.256 e. The van der Waals surface area contributed by atoms with E-state index in [1.807, 2.05) is 18.3 Å². The van der Waals surface area contributed by atoms with Crippen LogP contribution in [0.2, 0.25) is 0 Å². The van der Waals surface area contributed by atoms with Gasteiger partial charge in [0.2, 0.25) is 5.69 Å². The van der Waals surface area contributed by atoms with Crippen LogP contribution < -0.4 is 4.57 Å². The second-order valence-corrected chi connectivity index (χ2v) is 7.01. The summed E-state index contributed by atoms with van der Waals surface area (Å²) in [5.41, 5.74) is 8.70. The summed E-state index contributed by atoms with van der Waals surface area (Å²) >= 11 is 0. The first-order chi connectivity index (χ1) is 12.6. The summed E-state index contributed by atoms with van der Waals surface area (Å²) in [6.45, 7) is 6.57. The number of pyridine rings is 2. The van der Waals surface area contributed by atoms with Gasteiger partial charge >= 0.3 is 0 Å². The zero-order valence-electron chi connectivity index (χ0n) is 15.7. The molecular weight excluding hydrogens is 316 g/mol. The first kappa shape index (κ1) is 16.5. The van der Waals surface area contributed by atoms with Gasteiger partial charge in [-0.2, -0.15) is 0 Å². The highest BCUT2D eigenvalue weighted by atomic mass is 14.9. The first-order valence-corrected chi connectivity index (χ1v) is 8.97. The van der Waals surface area contributed by atoms with Gasteiger partial charge in [-0.05, 0) is 56.2 Å². The summed E-state index contributed by atoms with van der Waals surface area (Å²) in [4.78, 5) is 4.56. The molecule has 0 spiro atoms. The third-order valence-corrected chi connectivity index (χ3v) is 5.19. The van der Waals surface area contributed by atoms with E-state index in [-0.39, 0.29) is 0 Å². The monoisotopic (exact) mass is 339 g/mol. The van der Waals surface area contributed by atoms with Crippen molar-refractivity contribution in [3.63, 3.8) is 0 Å². The number of rotatable bonds is 2. The number of aryl methyl sites for hydroxylation is 3.